The monoisotopic (exact) mass is 354 g/mol. The van der Waals surface area contributed by atoms with Gasteiger partial charge in [0, 0.05) is 11.6 Å². The Balaban J connectivity index is 1.94. The summed E-state index contributed by atoms with van der Waals surface area (Å²) in [6.45, 7) is 2.24. The number of ketones is 1. The van der Waals surface area contributed by atoms with Crippen molar-refractivity contribution in [3.05, 3.63) is 58.7 Å². The molecule has 1 aliphatic heterocycles. The molecule has 0 aromatic heterocycles. The summed E-state index contributed by atoms with van der Waals surface area (Å²) in [5.41, 5.74) is 1.70. The number of ether oxygens (including phenoxy) is 1. The summed E-state index contributed by atoms with van der Waals surface area (Å²) in [6.07, 6.45) is 4.87. The van der Waals surface area contributed by atoms with Gasteiger partial charge in [-0.15, -0.1) is 0 Å². The molecule has 6 nitrogen and oxygen atoms in total. The standard InChI is InChI=1S/C20H18O6/c1-11-2-5-13-18(26-10-11)9-17(24)19(20(13)25)15(22)7-4-12-3-6-14(21)16(23)8-12/h2-4,6-9,21,23-25H,5,10H2,1H3/b7-4+. The van der Waals surface area contributed by atoms with Crippen molar-refractivity contribution < 1.29 is 30.0 Å². The first kappa shape index (κ1) is 17.4. The first-order valence-electron chi connectivity index (χ1n) is 7.97. The van der Waals surface area contributed by atoms with E-state index in [-0.39, 0.29) is 28.6 Å². The maximum absolute atomic E-state index is 12.5. The third-order valence-electron chi connectivity index (χ3n) is 4.13. The van der Waals surface area contributed by atoms with Gasteiger partial charge in [-0.1, -0.05) is 18.2 Å². The molecule has 1 heterocycles. The molecule has 0 radical (unpaired) electrons. The third kappa shape index (κ3) is 3.35. The predicted octanol–water partition coefficient (Wildman–Crippen LogP) is 3.29. The molecule has 0 saturated carbocycles. The molecule has 4 N–H and O–H groups in total. The number of phenolic OH excluding ortho intramolecular Hbond substituents is 4. The van der Waals surface area contributed by atoms with Gasteiger partial charge in [0.15, 0.2) is 17.3 Å². The Labute approximate surface area is 149 Å². The Kier molecular flexibility index (Phi) is 4.58. The molecule has 0 saturated heterocycles. The van der Waals surface area contributed by atoms with E-state index in [1.165, 1.54) is 36.4 Å². The molecular weight excluding hydrogens is 336 g/mol. The molecule has 26 heavy (non-hydrogen) atoms. The van der Waals surface area contributed by atoms with E-state index >= 15 is 0 Å². The van der Waals surface area contributed by atoms with E-state index in [9.17, 15) is 25.2 Å². The number of benzene rings is 2. The summed E-state index contributed by atoms with van der Waals surface area (Å²) in [4.78, 5) is 12.5. The summed E-state index contributed by atoms with van der Waals surface area (Å²) >= 11 is 0. The van der Waals surface area contributed by atoms with Gasteiger partial charge < -0.3 is 25.2 Å². The van der Waals surface area contributed by atoms with Crippen LogP contribution in [0.4, 0.5) is 0 Å². The highest BCUT2D eigenvalue weighted by Crippen LogP contribution is 2.40. The number of carbonyl (C=O) groups is 1. The summed E-state index contributed by atoms with van der Waals surface area (Å²) in [5.74, 6) is -1.51. The third-order valence-corrected chi connectivity index (χ3v) is 4.13. The second-order valence-corrected chi connectivity index (χ2v) is 6.09. The Morgan fingerprint density at radius 3 is 2.58 bits per heavy atom. The van der Waals surface area contributed by atoms with Crippen molar-refractivity contribution in [2.45, 2.75) is 13.3 Å². The van der Waals surface area contributed by atoms with Crippen molar-refractivity contribution in [3.63, 3.8) is 0 Å². The first-order valence-corrected chi connectivity index (χ1v) is 7.97. The largest absolute Gasteiger partial charge is 0.507 e. The average molecular weight is 354 g/mol. The number of carbonyl (C=O) groups excluding carboxylic acids is 1. The number of hydrogen-bond donors (Lipinski definition) is 4. The number of aromatic hydroxyl groups is 4. The predicted molar refractivity (Wildman–Crippen MR) is 95.9 cm³/mol. The van der Waals surface area contributed by atoms with Gasteiger partial charge in [-0.2, -0.15) is 0 Å². The van der Waals surface area contributed by atoms with Crippen LogP contribution >= 0.6 is 0 Å². The van der Waals surface area contributed by atoms with Gasteiger partial charge >= 0.3 is 0 Å². The molecule has 0 unspecified atom stereocenters. The van der Waals surface area contributed by atoms with Crippen LogP contribution in [0.3, 0.4) is 0 Å². The van der Waals surface area contributed by atoms with Gasteiger partial charge in [-0.05, 0) is 42.7 Å². The highest BCUT2D eigenvalue weighted by atomic mass is 16.5. The van der Waals surface area contributed by atoms with Crippen LogP contribution in [0.25, 0.3) is 6.08 Å². The van der Waals surface area contributed by atoms with Gasteiger partial charge in [0.1, 0.15) is 29.4 Å². The summed E-state index contributed by atoms with van der Waals surface area (Å²) in [6, 6.07) is 5.42. The van der Waals surface area contributed by atoms with E-state index in [1.54, 1.807) is 0 Å². The first-order chi connectivity index (χ1) is 12.4. The van der Waals surface area contributed by atoms with Crippen LogP contribution in [0, 0.1) is 0 Å². The number of fused-ring (bicyclic) bond motifs is 1. The van der Waals surface area contributed by atoms with Gasteiger partial charge in [-0.3, -0.25) is 4.79 Å². The molecule has 6 heteroatoms. The van der Waals surface area contributed by atoms with Crippen LogP contribution < -0.4 is 4.74 Å². The van der Waals surface area contributed by atoms with Crippen molar-refractivity contribution in [2.75, 3.05) is 6.61 Å². The van der Waals surface area contributed by atoms with Crippen LogP contribution in [0.15, 0.2) is 42.0 Å². The zero-order valence-corrected chi connectivity index (χ0v) is 14.1. The molecule has 0 aliphatic carbocycles. The van der Waals surface area contributed by atoms with E-state index in [0.717, 1.165) is 5.57 Å². The summed E-state index contributed by atoms with van der Waals surface area (Å²) in [5, 5.41) is 39.4. The van der Waals surface area contributed by atoms with E-state index < -0.39 is 5.78 Å². The normalized spacial score (nSPS) is 13.7. The zero-order valence-electron chi connectivity index (χ0n) is 14.1. The minimum atomic E-state index is -0.597. The molecule has 0 atom stereocenters. The van der Waals surface area contributed by atoms with Crippen LogP contribution in [0.2, 0.25) is 0 Å². The van der Waals surface area contributed by atoms with E-state index in [1.807, 2.05) is 13.0 Å². The number of hydrogen-bond acceptors (Lipinski definition) is 6. The molecule has 0 spiro atoms. The highest BCUT2D eigenvalue weighted by molar-refractivity contribution is 6.11. The Hall–Kier alpha value is -3.41. The zero-order chi connectivity index (χ0) is 18.8. The molecule has 0 fully saturated rings. The van der Waals surface area contributed by atoms with Crippen LogP contribution in [0.1, 0.15) is 28.4 Å². The quantitative estimate of drug-likeness (QED) is 0.292. The number of allylic oxidation sites excluding steroid dienone is 2. The lowest BCUT2D eigenvalue weighted by atomic mass is 9.99. The Morgan fingerprint density at radius 1 is 1.08 bits per heavy atom. The second-order valence-electron chi connectivity index (χ2n) is 6.09. The van der Waals surface area contributed by atoms with Crippen molar-refractivity contribution in [3.8, 4) is 28.7 Å². The molecule has 2 aromatic rings. The van der Waals surface area contributed by atoms with Gasteiger partial charge in [0.05, 0.1) is 0 Å². The minimum Gasteiger partial charge on any atom is -0.507 e. The van der Waals surface area contributed by atoms with Crippen molar-refractivity contribution in [1.82, 2.24) is 0 Å². The summed E-state index contributed by atoms with van der Waals surface area (Å²) in [7, 11) is 0. The molecule has 2 aromatic carbocycles. The smallest absolute Gasteiger partial charge is 0.193 e. The van der Waals surface area contributed by atoms with E-state index in [2.05, 4.69) is 0 Å². The fraction of sp³-hybridized carbons (Fsp3) is 0.150. The lowest BCUT2D eigenvalue weighted by Crippen LogP contribution is -2.02. The van der Waals surface area contributed by atoms with Gasteiger partial charge in [0.2, 0.25) is 0 Å². The molecule has 0 amide bonds. The summed E-state index contributed by atoms with van der Waals surface area (Å²) < 4.78 is 5.54. The fourth-order valence-corrected chi connectivity index (χ4v) is 2.67. The molecule has 3 rings (SSSR count). The molecule has 0 bridgehead atoms. The van der Waals surface area contributed by atoms with E-state index in [0.29, 0.717) is 29.9 Å². The van der Waals surface area contributed by atoms with Crippen LogP contribution in [-0.4, -0.2) is 32.8 Å². The molecule has 134 valence electrons. The van der Waals surface area contributed by atoms with E-state index in [4.69, 9.17) is 4.74 Å². The lowest BCUT2D eigenvalue weighted by Gasteiger charge is -2.13. The van der Waals surface area contributed by atoms with Crippen LogP contribution in [-0.2, 0) is 6.42 Å². The topological polar surface area (TPSA) is 107 Å². The second kappa shape index (κ2) is 6.84. The average Bonchev–Trinajstić information content (AvgIpc) is 2.78. The van der Waals surface area contributed by atoms with Crippen LogP contribution in [0.5, 0.6) is 28.7 Å². The van der Waals surface area contributed by atoms with Crippen molar-refractivity contribution in [2.24, 2.45) is 0 Å². The number of rotatable bonds is 3. The molecular formula is C20H18O6. The number of phenols is 4. The fourth-order valence-electron chi connectivity index (χ4n) is 2.67. The lowest BCUT2D eigenvalue weighted by molar-refractivity contribution is 0.104. The molecule has 1 aliphatic rings. The van der Waals surface area contributed by atoms with Crippen molar-refractivity contribution >= 4 is 11.9 Å². The Bertz CT molecular complexity index is 940. The maximum Gasteiger partial charge on any atom is 0.193 e. The van der Waals surface area contributed by atoms with Crippen molar-refractivity contribution in [1.29, 1.82) is 0 Å². The Morgan fingerprint density at radius 2 is 1.85 bits per heavy atom. The maximum atomic E-state index is 12.5. The SMILES string of the molecule is CC1=CCc2c(cc(O)c(C(=O)/C=C/c3ccc(O)c(O)c3)c2O)OC1. The van der Waals surface area contributed by atoms with Gasteiger partial charge in [0.25, 0.3) is 0 Å². The van der Waals surface area contributed by atoms with Gasteiger partial charge in [-0.25, -0.2) is 0 Å². The highest BCUT2D eigenvalue weighted by Gasteiger charge is 2.23. The minimum absolute atomic E-state index is 0.209.